The van der Waals surface area contributed by atoms with Gasteiger partial charge < -0.3 is 13.3 Å². The van der Waals surface area contributed by atoms with E-state index in [1.165, 1.54) is 0 Å². The van der Waals surface area contributed by atoms with Crippen molar-refractivity contribution in [2.45, 2.75) is 24.3 Å². The molecule has 19 heteroatoms. The van der Waals surface area contributed by atoms with E-state index in [1.54, 1.807) is 0 Å². The summed E-state index contributed by atoms with van der Waals surface area (Å²) in [5, 5.41) is 0. The molecule has 0 aliphatic rings. The molecule has 26 heavy (non-hydrogen) atoms. The molecule has 0 atom stereocenters. The lowest BCUT2D eigenvalue weighted by atomic mass is 10.7. The van der Waals surface area contributed by atoms with Crippen LogP contribution in [0.1, 0.15) is 0 Å². The first-order chi connectivity index (χ1) is 11.1. The Morgan fingerprint density at radius 2 is 0.692 bits per heavy atom. The molecule has 0 aliphatic heterocycles. The Bertz CT molecular complexity index is 501. The van der Waals surface area contributed by atoms with Crippen LogP contribution in [-0.4, -0.2) is 51.0 Å². The van der Waals surface area contributed by atoms with Gasteiger partial charge >= 0.3 is 51.0 Å². The van der Waals surface area contributed by atoms with E-state index >= 15 is 0 Å². The fraction of sp³-hybridized carbons (Fsp3) is 0.571. The van der Waals surface area contributed by atoms with Gasteiger partial charge in [0.1, 0.15) is 0 Å². The largest absolute Gasteiger partial charge is 0.817 e. The van der Waals surface area contributed by atoms with E-state index in [-0.39, 0.29) is 0 Å². The Morgan fingerprint density at radius 3 is 0.808 bits per heavy atom. The van der Waals surface area contributed by atoms with Gasteiger partial charge in [0.2, 0.25) is 0 Å². The number of carbonyl (C=O) groups is 3. The van der Waals surface area contributed by atoms with E-state index in [0.717, 1.165) is 0 Å². The highest BCUT2D eigenvalue weighted by Gasteiger charge is 2.80. The van der Waals surface area contributed by atoms with Gasteiger partial charge in [-0.3, -0.25) is 0 Å². The van der Waals surface area contributed by atoms with Crippen LogP contribution in [0.15, 0.2) is 0 Å². The van der Waals surface area contributed by atoms with E-state index < -0.39 is 51.0 Å². The molecule has 6 nitrogen and oxygen atoms in total. The molecule has 0 rings (SSSR count). The average molecular weight is 436 g/mol. The lowest BCUT2D eigenvalue weighted by molar-refractivity contribution is -0.222. The van der Waals surface area contributed by atoms with Crippen molar-refractivity contribution < 1.29 is 80.3 Å². The summed E-state index contributed by atoms with van der Waals surface area (Å²) in [4.78, 5) is 31.3. The molecule has 152 valence electrons. The third kappa shape index (κ3) is 5.95. The van der Waals surface area contributed by atoms with Gasteiger partial charge in [-0.25, -0.2) is 14.4 Å². The Morgan fingerprint density at radius 1 is 0.500 bits per heavy atom. The lowest BCUT2D eigenvalue weighted by Gasteiger charge is -2.29. The van der Waals surface area contributed by atoms with Crippen molar-refractivity contribution in [1.82, 2.24) is 0 Å². The van der Waals surface area contributed by atoms with Crippen molar-refractivity contribution in [3.8, 4) is 0 Å². The van der Waals surface area contributed by atoms with E-state index in [2.05, 4.69) is 13.3 Å². The highest BCUT2D eigenvalue weighted by Crippen LogP contribution is 2.37. The molecule has 0 N–H and O–H groups in total. The third-order valence-corrected chi connectivity index (χ3v) is 3.78. The van der Waals surface area contributed by atoms with Crippen LogP contribution in [0.3, 0.4) is 0 Å². The zero-order valence-corrected chi connectivity index (χ0v) is 12.0. The van der Waals surface area contributed by atoms with E-state index in [9.17, 15) is 67.1 Å². The van der Waals surface area contributed by atoms with Gasteiger partial charge in [-0.1, -0.05) is 0 Å². The second kappa shape index (κ2) is 6.83. The van der Waals surface area contributed by atoms with Crippen LogP contribution in [0.4, 0.5) is 52.7 Å². The van der Waals surface area contributed by atoms with Gasteiger partial charge in [0.05, 0.1) is 0 Å². The van der Waals surface area contributed by atoms with Crippen molar-refractivity contribution >= 4 is 26.7 Å². The van der Waals surface area contributed by atoms with Gasteiger partial charge in [-0.15, -0.1) is 0 Å². The van der Waals surface area contributed by atoms with Crippen LogP contribution in [-0.2, 0) is 27.7 Å². The van der Waals surface area contributed by atoms with Crippen LogP contribution >= 0.6 is 0 Å². The molecule has 0 aromatic heterocycles. The predicted molar refractivity (Wildman–Crippen MR) is 48.2 cm³/mol. The molecule has 0 bridgehead atoms. The van der Waals surface area contributed by atoms with Crippen LogP contribution in [0.5, 0.6) is 0 Å². The fourth-order valence-electron chi connectivity index (χ4n) is 0.776. The molecule has 0 saturated carbocycles. The second-order valence-electron chi connectivity index (χ2n) is 3.72. The zero-order valence-electron chi connectivity index (χ0n) is 11.0. The van der Waals surface area contributed by atoms with Gasteiger partial charge in [0, 0.05) is 0 Å². The molecule has 0 aromatic carbocycles. The number of rotatable bonds is 3. The van der Waals surface area contributed by atoms with Crippen LogP contribution in [0.2, 0.25) is 0 Å². The minimum atomic E-state index is -8.22. The number of halogens is 12. The summed E-state index contributed by atoms with van der Waals surface area (Å²) in [7, 11) is -8.22. The molecule has 0 aromatic rings. The van der Waals surface area contributed by atoms with Gasteiger partial charge in [-0.2, -0.15) is 52.7 Å². The number of carbonyl (C=O) groups excluding carboxylic acids is 3. The zero-order chi connectivity index (χ0) is 21.4. The van der Waals surface area contributed by atoms with E-state index in [1.807, 2.05) is 0 Å². The summed E-state index contributed by atoms with van der Waals surface area (Å²) in [5.74, 6) is -19.0. The van der Waals surface area contributed by atoms with E-state index in [0.29, 0.717) is 0 Å². The van der Waals surface area contributed by atoms with Crippen LogP contribution in [0.25, 0.3) is 0 Å². The molecule has 0 aliphatic carbocycles. The minimum absolute atomic E-state index is 2.46. The average Bonchev–Trinajstić information content (AvgIpc) is 2.33. The molecule has 0 spiro atoms. The fourth-order valence-corrected chi connectivity index (χ4v) is 2.33. The van der Waals surface area contributed by atoms with Gasteiger partial charge in [0.25, 0.3) is 0 Å². The van der Waals surface area contributed by atoms with Crippen LogP contribution < -0.4 is 0 Å². The lowest BCUT2D eigenvalue weighted by Crippen LogP contribution is -2.64. The second-order valence-corrected chi connectivity index (χ2v) is 6.01. The summed E-state index contributed by atoms with van der Waals surface area (Å²) in [5.41, 5.74) is 0. The summed E-state index contributed by atoms with van der Waals surface area (Å²) in [6.45, 7) is 0. The molecular weight excluding hydrogens is 436 g/mol. The maximum absolute atomic E-state index is 12.7. The first-order valence-corrected chi connectivity index (χ1v) is 6.83. The van der Waals surface area contributed by atoms with Crippen molar-refractivity contribution in [2.24, 2.45) is 0 Å². The quantitative estimate of drug-likeness (QED) is 0.500. The first kappa shape index (κ1) is 23.8. The molecule has 0 saturated heterocycles. The number of alkyl halides is 12. The maximum atomic E-state index is 12.7. The number of hydrogen-bond acceptors (Lipinski definition) is 6. The topological polar surface area (TPSA) is 78.9 Å². The van der Waals surface area contributed by atoms with E-state index in [4.69, 9.17) is 0 Å². The number of hydrogen-bond donors (Lipinski definition) is 0. The minimum Gasteiger partial charge on any atom is -0.443 e. The SMILES string of the molecule is O=C(O[Si](OC(=O)C(F)(F)F)(OC(=O)C(F)(F)F)C(F)(F)F)C(F)(F)F. The van der Waals surface area contributed by atoms with Crippen molar-refractivity contribution in [1.29, 1.82) is 0 Å². The van der Waals surface area contributed by atoms with Crippen molar-refractivity contribution in [3.63, 3.8) is 0 Å². The summed E-state index contributed by atoms with van der Waals surface area (Å²) >= 11 is 0. The summed E-state index contributed by atoms with van der Waals surface area (Å²) in [6.07, 6.45) is -19.2. The van der Waals surface area contributed by atoms with Crippen molar-refractivity contribution in [3.05, 3.63) is 0 Å². The standard InChI is InChI=1S/C7F12O6Si/c8-4(9,10)1(20)23-26(7(17,18)19,24-2(21)5(11,12)13)25-3(22)6(14,15)16. The summed E-state index contributed by atoms with van der Waals surface area (Å²) < 4.78 is 153. The summed E-state index contributed by atoms with van der Waals surface area (Å²) in [6, 6.07) is 0. The van der Waals surface area contributed by atoms with Crippen LogP contribution in [0, 0.1) is 0 Å². The maximum Gasteiger partial charge on any atom is 0.817 e. The van der Waals surface area contributed by atoms with Gasteiger partial charge in [0.15, 0.2) is 0 Å². The molecule has 0 fully saturated rings. The highest BCUT2D eigenvalue weighted by atomic mass is 28.4. The molecule has 0 amide bonds. The monoisotopic (exact) mass is 436 g/mol. The molecule has 0 heterocycles. The Labute approximate surface area is 132 Å². The van der Waals surface area contributed by atoms with Crippen molar-refractivity contribution in [2.75, 3.05) is 0 Å². The predicted octanol–water partition coefficient (Wildman–Crippen LogP) is 2.34. The van der Waals surface area contributed by atoms with Gasteiger partial charge in [-0.05, 0) is 0 Å². The molecule has 0 unspecified atom stereocenters. The smallest absolute Gasteiger partial charge is 0.443 e. The molecular formula is C7F12O6Si. The highest BCUT2D eigenvalue weighted by molar-refractivity contribution is 6.67. The Balaban J connectivity index is 6.25. The third-order valence-electron chi connectivity index (χ3n) is 1.72. The molecule has 0 radical (unpaired) electrons. The normalized spacial score (nSPS) is 13.8. The Hall–Kier alpha value is -2.21. The Kier molecular flexibility index (Phi) is 6.25. The first-order valence-electron chi connectivity index (χ1n) is 5.10.